The van der Waals surface area contributed by atoms with Gasteiger partial charge in [-0.25, -0.2) is 5.43 Å². The minimum absolute atomic E-state index is 0.0000646. The van der Waals surface area contributed by atoms with E-state index in [1.165, 1.54) is 6.21 Å². The molecule has 0 aromatic heterocycles. The molecule has 0 atom stereocenters. The minimum Gasteiger partial charge on any atom is -0.490 e. The van der Waals surface area contributed by atoms with Crippen LogP contribution in [0.5, 0.6) is 11.5 Å². The molecule has 0 spiro atoms. The number of halogens is 2. The molecule has 2 aromatic carbocycles. The summed E-state index contributed by atoms with van der Waals surface area (Å²) in [5.41, 5.74) is 4.64. The van der Waals surface area contributed by atoms with Crippen LogP contribution in [0.2, 0.25) is 5.02 Å². The summed E-state index contributed by atoms with van der Waals surface area (Å²) >= 11 is 9.50. The standard InChI is InChI=1S/C22H25BrClN3O4/c1-4-30-19-11-15(10-17(23)22(19)31-5-2)13-25-27-21(29)9-8-20(28)26-16-7-6-14(3)18(24)12-16/h6-7,10-13H,4-5,8-9H2,1-3H3,(H,26,28)(H,27,29). The van der Waals surface area contributed by atoms with Gasteiger partial charge >= 0.3 is 0 Å². The number of benzene rings is 2. The Hall–Kier alpha value is -2.58. The second-order valence-corrected chi connectivity index (χ2v) is 7.76. The molecular formula is C22H25BrClN3O4. The summed E-state index contributed by atoms with van der Waals surface area (Å²) in [6.45, 7) is 6.65. The maximum absolute atomic E-state index is 12.0. The average Bonchev–Trinajstić information content (AvgIpc) is 2.72. The quantitative estimate of drug-likeness (QED) is 0.345. The Bertz CT molecular complexity index is 966. The fourth-order valence-electron chi connectivity index (χ4n) is 2.57. The molecule has 0 radical (unpaired) electrons. The summed E-state index contributed by atoms with van der Waals surface area (Å²) in [4.78, 5) is 24.0. The maximum Gasteiger partial charge on any atom is 0.240 e. The van der Waals surface area contributed by atoms with Gasteiger partial charge in [-0.05, 0) is 72.1 Å². The van der Waals surface area contributed by atoms with Crippen LogP contribution < -0.4 is 20.2 Å². The van der Waals surface area contributed by atoms with Gasteiger partial charge in [0.25, 0.3) is 0 Å². The zero-order valence-electron chi connectivity index (χ0n) is 17.6. The first-order valence-corrected chi connectivity index (χ1v) is 11.0. The van der Waals surface area contributed by atoms with Gasteiger partial charge in [-0.15, -0.1) is 0 Å². The van der Waals surface area contributed by atoms with Crippen LogP contribution in [-0.4, -0.2) is 31.2 Å². The van der Waals surface area contributed by atoms with Crippen molar-refractivity contribution >= 4 is 51.2 Å². The number of aryl methyl sites for hydroxylation is 1. The van der Waals surface area contributed by atoms with Crippen molar-refractivity contribution in [3.8, 4) is 11.5 Å². The number of carbonyl (C=O) groups excluding carboxylic acids is 2. The second kappa shape index (κ2) is 12.3. The fourth-order valence-corrected chi connectivity index (χ4v) is 3.32. The molecule has 0 saturated carbocycles. The largest absolute Gasteiger partial charge is 0.490 e. The van der Waals surface area contributed by atoms with E-state index >= 15 is 0 Å². The van der Waals surface area contributed by atoms with E-state index < -0.39 is 0 Å². The van der Waals surface area contributed by atoms with Crippen LogP contribution >= 0.6 is 27.5 Å². The van der Waals surface area contributed by atoms with Gasteiger partial charge in [0.05, 0.1) is 23.9 Å². The van der Waals surface area contributed by atoms with Crippen molar-refractivity contribution in [2.45, 2.75) is 33.6 Å². The van der Waals surface area contributed by atoms with Crippen LogP contribution in [0.3, 0.4) is 0 Å². The molecule has 166 valence electrons. The molecule has 2 aromatic rings. The molecule has 31 heavy (non-hydrogen) atoms. The third kappa shape index (κ3) is 7.88. The fraction of sp³-hybridized carbons (Fsp3) is 0.318. The highest BCUT2D eigenvalue weighted by Gasteiger charge is 2.11. The number of ether oxygens (including phenoxy) is 2. The molecule has 0 bridgehead atoms. The minimum atomic E-state index is -0.372. The molecule has 0 unspecified atom stereocenters. The molecule has 0 heterocycles. The van der Waals surface area contributed by atoms with E-state index in [0.29, 0.717) is 41.0 Å². The molecule has 0 aliphatic rings. The summed E-state index contributed by atoms with van der Waals surface area (Å²) in [7, 11) is 0. The van der Waals surface area contributed by atoms with Crippen molar-refractivity contribution in [3.05, 3.63) is 51.0 Å². The van der Waals surface area contributed by atoms with Crippen molar-refractivity contribution in [1.29, 1.82) is 0 Å². The first kappa shape index (κ1) is 24.7. The molecule has 0 fully saturated rings. The number of nitrogens with zero attached hydrogens (tertiary/aromatic N) is 1. The summed E-state index contributed by atoms with van der Waals surface area (Å²) in [6.07, 6.45) is 1.52. The summed E-state index contributed by atoms with van der Waals surface area (Å²) in [6, 6.07) is 8.83. The molecule has 2 amide bonds. The number of nitrogens with one attached hydrogen (secondary N) is 2. The highest BCUT2D eigenvalue weighted by Crippen LogP contribution is 2.36. The van der Waals surface area contributed by atoms with Gasteiger partial charge < -0.3 is 14.8 Å². The van der Waals surface area contributed by atoms with Gasteiger partial charge in [0.1, 0.15) is 0 Å². The summed E-state index contributed by atoms with van der Waals surface area (Å²) < 4.78 is 11.9. The van der Waals surface area contributed by atoms with Crippen molar-refractivity contribution in [1.82, 2.24) is 5.43 Å². The Labute approximate surface area is 195 Å². The van der Waals surface area contributed by atoms with Crippen LogP contribution in [0.4, 0.5) is 5.69 Å². The van der Waals surface area contributed by atoms with Gasteiger partial charge in [0.15, 0.2) is 11.5 Å². The lowest BCUT2D eigenvalue weighted by atomic mass is 10.2. The van der Waals surface area contributed by atoms with Crippen LogP contribution in [0, 0.1) is 6.92 Å². The van der Waals surface area contributed by atoms with Gasteiger partial charge in [-0.3, -0.25) is 9.59 Å². The first-order chi connectivity index (χ1) is 14.8. The third-order valence-electron chi connectivity index (χ3n) is 4.06. The molecule has 0 saturated heterocycles. The Kier molecular flexibility index (Phi) is 9.81. The van der Waals surface area contributed by atoms with E-state index in [1.807, 2.05) is 32.9 Å². The Morgan fingerprint density at radius 2 is 1.81 bits per heavy atom. The number of hydrogen-bond acceptors (Lipinski definition) is 5. The number of hydrogen-bond donors (Lipinski definition) is 2. The van der Waals surface area contributed by atoms with Crippen molar-refractivity contribution in [2.75, 3.05) is 18.5 Å². The molecule has 2 N–H and O–H groups in total. The second-order valence-electron chi connectivity index (χ2n) is 6.50. The zero-order valence-corrected chi connectivity index (χ0v) is 20.0. The SMILES string of the molecule is CCOc1cc(C=NNC(=O)CCC(=O)Nc2ccc(C)c(Cl)c2)cc(Br)c1OCC. The monoisotopic (exact) mass is 509 g/mol. The first-order valence-electron chi connectivity index (χ1n) is 9.81. The van der Waals surface area contributed by atoms with Crippen molar-refractivity contribution < 1.29 is 19.1 Å². The van der Waals surface area contributed by atoms with E-state index in [9.17, 15) is 9.59 Å². The number of carbonyl (C=O) groups is 2. The van der Waals surface area contributed by atoms with Crippen LogP contribution in [0.25, 0.3) is 0 Å². The van der Waals surface area contributed by atoms with Gasteiger partial charge in [0.2, 0.25) is 11.8 Å². The predicted molar refractivity (Wildman–Crippen MR) is 126 cm³/mol. The van der Waals surface area contributed by atoms with Crippen LogP contribution in [0.15, 0.2) is 39.9 Å². The number of amides is 2. The molecule has 2 rings (SSSR count). The molecule has 0 aliphatic carbocycles. The lowest BCUT2D eigenvalue weighted by Crippen LogP contribution is -2.20. The molecule has 9 heteroatoms. The highest BCUT2D eigenvalue weighted by atomic mass is 79.9. The molecule has 0 aliphatic heterocycles. The normalized spacial score (nSPS) is 10.7. The van der Waals surface area contributed by atoms with E-state index in [0.717, 1.165) is 10.0 Å². The Balaban J connectivity index is 1.87. The van der Waals surface area contributed by atoms with Gasteiger partial charge in [-0.2, -0.15) is 5.10 Å². The molecule has 7 nitrogen and oxygen atoms in total. The zero-order chi connectivity index (χ0) is 22.8. The van der Waals surface area contributed by atoms with Gasteiger partial charge in [-0.1, -0.05) is 17.7 Å². The van der Waals surface area contributed by atoms with E-state index in [4.69, 9.17) is 21.1 Å². The van der Waals surface area contributed by atoms with Crippen molar-refractivity contribution in [2.24, 2.45) is 5.10 Å². The number of anilines is 1. The van der Waals surface area contributed by atoms with Crippen molar-refractivity contribution in [3.63, 3.8) is 0 Å². The lowest BCUT2D eigenvalue weighted by molar-refractivity contribution is -0.124. The Morgan fingerprint density at radius 3 is 2.48 bits per heavy atom. The smallest absolute Gasteiger partial charge is 0.240 e. The Morgan fingerprint density at radius 1 is 1.10 bits per heavy atom. The summed E-state index contributed by atoms with van der Waals surface area (Å²) in [5.74, 6) is 0.546. The lowest BCUT2D eigenvalue weighted by Gasteiger charge is -2.13. The summed E-state index contributed by atoms with van der Waals surface area (Å²) in [5, 5.41) is 7.23. The number of rotatable bonds is 10. The van der Waals surface area contributed by atoms with E-state index in [1.54, 1.807) is 18.2 Å². The van der Waals surface area contributed by atoms with E-state index in [2.05, 4.69) is 31.8 Å². The molecular weight excluding hydrogens is 486 g/mol. The topological polar surface area (TPSA) is 89.0 Å². The maximum atomic E-state index is 12.0. The van der Waals surface area contributed by atoms with Crippen LogP contribution in [0.1, 0.15) is 37.8 Å². The van der Waals surface area contributed by atoms with Gasteiger partial charge in [0, 0.05) is 23.6 Å². The third-order valence-corrected chi connectivity index (χ3v) is 5.05. The van der Waals surface area contributed by atoms with Crippen LogP contribution in [-0.2, 0) is 9.59 Å². The van der Waals surface area contributed by atoms with E-state index in [-0.39, 0.29) is 24.7 Å². The highest BCUT2D eigenvalue weighted by molar-refractivity contribution is 9.10. The predicted octanol–water partition coefficient (Wildman–Crippen LogP) is 5.08. The average molecular weight is 511 g/mol. The number of hydrazone groups is 1.